The maximum atomic E-state index is 12.2. The average Bonchev–Trinajstić information content (AvgIpc) is 3.22. The Kier molecular flexibility index (Phi) is 6.71. The summed E-state index contributed by atoms with van der Waals surface area (Å²) in [4.78, 5) is 26.6. The molecule has 0 saturated carbocycles. The third-order valence-electron chi connectivity index (χ3n) is 5.20. The second-order valence-electron chi connectivity index (χ2n) is 7.00. The van der Waals surface area contributed by atoms with E-state index < -0.39 is 17.9 Å². The molecule has 2 aromatic heterocycles. The number of benzene rings is 1. The summed E-state index contributed by atoms with van der Waals surface area (Å²) in [7, 11) is 2.52. The third kappa shape index (κ3) is 4.05. The SMILES string of the molecule is CCc1ccc(C(c2sc(C)c(C(=O)OC)c2O)c2sc(C)c(C(=O)OC)c2O)cc1. The highest BCUT2D eigenvalue weighted by Crippen LogP contribution is 2.50. The van der Waals surface area contributed by atoms with Crippen molar-refractivity contribution in [3.05, 3.63) is 66.0 Å². The molecular formula is C23H24O6S2. The van der Waals surface area contributed by atoms with Gasteiger partial charge in [-0.05, 0) is 31.4 Å². The number of aryl methyl sites for hydroxylation is 3. The van der Waals surface area contributed by atoms with Gasteiger partial charge in [0.15, 0.2) is 0 Å². The summed E-state index contributed by atoms with van der Waals surface area (Å²) in [5.74, 6) is -2.18. The Morgan fingerprint density at radius 1 is 0.871 bits per heavy atom. The van der Waals surface area contributed by atoms with Crippen LogP contribution in [0.1, 0.15) is 64.2 Å². The Morgan fingerprint density at radius 3 is 1.65 bits per heavy atom. The lowest BCUT2D eigenvalue weighted by atomic mass is 9.92. The number of rotatable bonds is 6. The first-order valence-corrected chi connectivity index (χ1v) is 11.3. The summed E-state index contributed by atoms with van der Waals surface area (Å²) in [6.45, 7) is 5.52. The monoisotopic (exact) mass is 460 g/mol. The van der Waals surface area contributed by atoms with Crippen LogP contribution < -0.4 is 0 Å². The lowest BCUT2D eigenvalue weighted by Crippen LogP contribution is -2.04. The van der Waals surface area contributed by atoms with Crippen molar-refractivity contribution < 1.29 is 29.3 Å². The van der Waals surface area contributed by atoms with Gasteiger partial charge in [0.25, 0.3) is 0 Å². The summed E-state index contributed by atoms with van der Waals surface area (Å²) in [6.07, 6.45) is 0.872. The maximum Gasteiger partial charge on any atom is 0.342 e. The van der Waals surface area contributed by atoms with Crippen molar-refractivity contribution in [3.8, 4) is 11.5 Å². The molecule has 6 nitrogen and oxygen atoms in total. The predicted molar refractivity (Wildman–Crippen MR) is 121 cm³/mol. The van der Waals surface area contributed by atoms with E-state index in [1.54, 1.807) is 13.8 Å². The molecule has 0 aliphatic carbocycles. The van der Waals surface area contributed by atoms with Crippen LogP contribution in [-0.2, 0) is 15.9 Å². The Balaban J connectivity index is 2.28. The van der Waals surface area contributed by atoms with E-state index in [2.05, 4.69) is 6.92 Å². The summed E-state index contributed by atoms with van der Waals surface area (Å²) in [6, 6.07) is 7.84. The quantitative estimate of drug-likeness (QED) is 0.494. The average molecular weight is 461 g/mol. The van der Waals surface area contributed by atoms with E-state index in [-0.39, 0.29) is 22.6 Å². The molecule has 3 rings (SSSR count). The first kappa shape index (κ1) is 22.8. The van der Waals surface area contributed by atoms with Crippen LogP contribution in [0.15, 0.2) is 24.3 Å². The van der Waals surface area contributed by atoms with Crippen molar-refractivity contribution in [2.75, 3.05) is 14.2 Å². The number of ether oxygens (including phenoxy) is 2. The number of esters is 2. The molecular weight excluding hydrogens is 436 g/mol. The third-order valence-corrected chi connectivity index (χ3v) is 7.51. The Labute approximate surface area is 188 Å². The lowest BCUT2D eigenvalue weighted by Gasteiger charge is -2.17. The molecule has 0 fully saturated rings. The highest BCUT2D eigenvalue weighted by molar-refractivity contribution is 7.14. The molecule has 0 spiro atoms. The topological polar surface area (TPSA) is 93.1 Å². The maximum absolute atomic E-state index is 12.2. The number of carbonyl (C=O) groups excluding carboxylic acids is 2. The number of carbonyl (C=O) groups is 2. The fraction of sp³-hybridized carbons (Fsp3) is 0.304. The molecule has 0 unspecified atom stereocenters. The molecule has 0 aliphatic rings. The van der Waals surface area contributed by atoms with Crippen molar-refractivity contribution in [1.82, 2.24) is 0 Å². The number of thiophene rings is 2. The van der Waals surface area contributed by atoms with Gasteiger partial charge in [-0.25, -0.2) is 9.59 Å². The summed E-state index contributed by atoms with van der Waals surface area (Å²) in [5.41, 5.74) is 2.18. The van der Waals surface area contributed by atoms with Gasteiger partial charge in [0.1, 0.15) is 22.6 Å². The van der Waals surface area contributed by atoms with Gasteiger partial charge >= 0.3 is 11.9 Å². The fourth-order valence-corrected chi connectivity index (χ4v) is 5.99. The van der Waals surface area contributed by atoms with Gasteiger partial charge in [0, 0.05) is 9.75 Å². The molecule has 31 heavy (non-hydrogen) atoms. The smallest absolute Gasteiger partial charge is 0.342 e. The van der Waals surface area contributed by atoms with Gasteiger partial charge in [-0.2, -0.15) is 0 Å². The van der Waals surface area contributed by atoms with Crippen LogP contribution in [0.3, 0.4) is 0 Å². The zero-order chi connectivity index (χ0) is 22.9. The minimum atomic E-state index is -0.626. The summed E-state index contributed by atoms with van der Waals surface area (Å²) in [5, 5.41) is 21.9. The molecule has 3 aromatic rings. The van der Waals surface area contributed by atoms with Gasteiger partial charge in [-0.3, -0.25) is 0 Å². The van der Waals surface area contributed by atoms with Crippen molar-refractivity contribution in [2.45, 2.75) is 33.1 Å². The summed E-state index contributed by atoms with van der Waals surface area (Å²) < 4.78 is 9.65. The minimum absolute atomic E-state index is 0.110. The Bertz CT molecular complexity index is 1060. The van der Waals surface area contributed by atoms with E-state index in [4.69, 9.17) is 9.47 Å². The van der Waals surface area contributed by atoms with Crippen LogP contribution in [0.2, 0.25) is 0 Å². The number of hydrogen-bond acceptors (Lipinski definition) is 8. The van der Waals surface area contributed by atoms with E-state index in [0.717, 1.165) is 17.5 Å². The first-order chi connectivity index (χ1) is 14.7. The van der Waals surface area contributed by atoms with Crippen LogP contribution in [-0.4, -0.2) is 36.4 Å². The van der Waals surface area contributed by atoms with E-state index in [0.29, 0.717) is 19.5 Å². The molecule has 0 atom stereocenters. The van der Waals surface area contributed by atoms with Gasteiger partial charge in [0.2, 0.25) is 0 Å². The van der Waals surface area contributed by atoms with Gasteiger partial charge in [-0.15, -0.1) is 22.7 Å². The molecule has 0 amide bonds. The molecule has 0 radical (unpaired) electrons. The van der Waals surface area contributed by atoms with E-state index >= 15 is 0 Å². The second kappa shape index (κ2) is 9.11. The van der Waals surface area contributed by atoms with Crippen LogP contribution in [0.5, 0.6) is 11.5 Å². The Morgan fingerprint density at radius 2 is 1.29 bits per heavy atom. The van der Waals surface area contributed by atoms with Crippen molar-refractivity contribution in [1.29, 1.82) is 0 Å². The zero-order valence-corrected chi connectivity index (χ0v) is 19.6. The largest absolute Gasteiger partial charge is 0.506 e. The van der Waals surface area contributed by atoms with Crippen LogP contribution >= 0.6 is 22.7 Å². The van der Waals surface area contributed by atoms with E-state index in [1.165, 1.54) is 36.9 Å². The van der Waals surface area contributed by atoms with Crippen LogP contribution in [0, 0.1) is 13.8 Å². The molecule has 8 heteroatoms. The zero-order valence-electron chi connectivity index (χ0n) is 17.9. The minimum Gasteiger partial charge on any atom is -0.506 e. The predicted octanol–water partition coefficient (Wildman–Crippen LogP) is 5.15. The molecule has 1 aromatic carbocycles. The number of hydrogen-bond donors (Lipinski definition) is 2. The van der Waals surface area contributed by atoms with Gasteiger partial charge in [0.05, 0.1) is 29.9 Å². The Hall–Kier alpha value is -2.84. The van der Waals surface area contributed by atoms with Gasteiger partial charge < -0.3 is 19.7 Å². The van der Waals surface area contributed by atoms with Gasteiger partial charge in [-0.1, -0.05) is 31.2 Å². The molecule has 164 valence electrons. The molecule has 0 aliphatic heterocycles. The van der Waals surface area contributed by atoms with Crippen LogP contribution in [0.4, 0.5) is 0 Å². The second-order valence-corrected chi connectivity index (χ2v) is 9.52. The molecule has 2 heterocycles. The molecule has 2 N–H and O–H groups in total. The first-order valence-electron chi connectivity index (χ1n) is 9.64. The van der Waals surface area contributed by atoms with Crippen molar-refractivity contribution >= 4 is 34.6 Å². The summed E-state index contributed by atoms with van der Waals surface area (Å²) >= 11 is 2.52. The van der Waals surface area contributed by atoms with Crippen molar-refractivity contribution in [2.24, 2.45) is 0 Å². The number of methoxy groups -OCH3 is 2. The lowest BCUT2D eigenvalue weighted by molar-refractivity contribution is 0.0588. The van der Waals surface area contributed by atoms with E-state index in [1.807, 2.05) is 24.3 Å². The number of aromatic hydroxyl groups is 2. The fourth-order valence-electron chi connectivity index (χ4n) is 3.55. The van der Waals surface area contributed by atoms with Crippen LogP contribution in [0.25, 0.3) is 0 Å². The molecule has 0 saturated heterocycles. The van der Waals surface area contributed by atoms with Crippen molar-refractivity contribution in [3.63, 3.8) is 0 Å². The highest BCUT2D eigenvalue weighted by atomic mass is 32.1. The van der Waals surface area contributed by atoms with E-state index in [9.17, 15) is 19.8 Å². The highest BCUT2D eigenvalue weighted by Gasteiger charge is 2.34. The standard InChI is InChI=1S/C23H24O6S2/c1-6-13-7-9-14(10-8-13)17(20-18(24)15(11(2)30-20)22(26)28-4)21-19(25)16(12(3)31-21)23(27)29-5/h7-10,17,24-25H,6H2,1-5H3. The normalized spacial score (nSPS) is 11.0. The molecule has 0 bridgehead atoms.